The monoisotopic (exact) mass is 526 g/mol. The van der Waals surface area contributed by atoms with E-state index in [2.05, 4.69) is 4.98 Å². The number of H-pyrrole nitrogens is 1. The lowest BCUT2D eigenvalue weighted by atomic mass is 9.83. The fraction of sp³-hybridized carbons (Fsp3) is 0.280. The highest BCUT2D eigenvalue weighted by atomic mass is 32.2. The molecule has 1 fully saturated rings. The fourth-order valence-corrected chi connectivity index (χ4v) is 7.15. The molecule has 3 atom stereocenters. The number of benzene rings is 2. The molecule has 9 nitrogen and oxygen atoms in total. The molecule has 3 aromatic rings. The number of nitrogens with zero attached hydrogens (tertiary/aromatic N) is 1. The molecule has 2 unspecified atom stereocenters. The largest absolute Gasteiger partial charge is 0.493 e. The number of aromatic amines is 1. The van der Waals surface area contributed by atoms with Gasteiger partial charge in [0.25, 0.3) is 0 Å². The van der Waals surface area contributed by atoms with Gasteiger partial charge in [0.15, 0.2) is 11.5 Å². The molecule has 2 amide bonds. The van der Waals surface area contributed by atoms with Crippen LogP contribution < -0.4 is 19.2 Å². The van der Waals surface area contributed by atoms with Crippen LogP contribution >= 0.6 is 23.1 Å². The SMILES string of the molecule is CCOC(=O)c1ccc(N2C(=O)C3Sc4[nH]c(=O)sc4[C@H](c4ccc(OC)c(OC)c4)C3C2=O)cc1. The highest BCUT2D eigenvalue weighted by molar-refractivity contribution is 8.00. The number of thiazole rings is 1. The van der Waals surface area contributed by atoms with Crippen molar-refractivity contribution in [2.45, 2.75) is 23.1 Å². The van der Waals surface area contributed by atoms with Crippen LogP contribution in [0.2, 0.25) is 0 Å². The summed E-state index contributed by atoms with van der Waals surface area (Å²) in [4.78, 5) is 56.1. The number of carbonyl (C=O) groups excluding carboxylic acids is 3. The second-order valence-corrected chi connectivity index (χ2v) is 10.3. The van der Waals surface area contributed by atoms with Crippen LogP contribution in [0.5, 0.6) is 11.5 Å². The molecule has 0 spiro atoms. The highest BCUT2D eigenvalue weighted by Crippen LogP contribution is 2.53. The molecule has 0 bridgehead atoms. The van der Waals surface area contributed by atoms with Crippen LogP contribution in [0.25, 0.3) is 0 Å². The third-order valence-electron chi connectivity index (χ3n) is 6.23. The molecule has 5 rings (SSSR count). The van der Waals surface area contributed by atoms with Gasteiger partial charge in [-0.05, 0) is 48.9 Å². The molecule has 0 radical (unpaired) electrons. The van der Waals surface area contributed by atoms with Gasteiger partial charge < -0.3 is 19.2 Å². The first-order valence-electron chi connectivity index (χ1n) is 11.1. The molecular formula is C25H22N2O7S2. The molecule has 0 saturated carbocycles. The number of esters is 1. The number of thioether (sulfide) groups is 1. The minimum absolute atomic E-state index is 0.244. The number of hydrogen-bond acceptors (Lipinski definition) is 9. The van der Waals surface area contributed by atoms with Crippen molar-refractivity contribution in [3.63, 3.8) is 0 Å². The summed E-state index contributed by atoms with van der Waals surface area (Å²) in [6.45, 7) is 1.96. The van der Waals surface area contributed by atoms with Gasteiger partial charge in [0.05, 0.1) is 43.0 Å². The van der Waals surface area contributed by atoms with E-state index >= 15 is 0 Å². The van der Waals surface area contributed by atoms with Crippen molar-refractivity contribution in [2.75, 3.05) is 25.7 Å². The summed E-state index contributed by atoms with van der Waals surface area (Å²) in [5.74, 6) is -1.47. The predicted octanol–water partition coefficient (Wildman–Crippen LogP) is 3.43. The van der Waals surface area contributed by atoms with Gasteiger partial charge in [-0.3, -0.25) is 14.4 Å². The summed E-state index contributed by atoms with van der Waals surface area (Å²) < 4.78 is 15.8. The molecule has 2 aliphatic rings. The van der Waals surface area contributed by atoms with E-state index in [-0.39, 0.29) is 23.3 Å². The standard InChI is InChI=1S/C25H22N2O7S2/c1-4-34-24(30)12-5-8-14(9-6-12)27-22(28)18-17(13-7-10-15(32-2)16(11-13)33-3)19-21(26-25(31)36-19)35-20(18)23(27)29/h5-11,17-18,20H,4H2,1-3H3,(H,26,31)/t17-,18?,20?/m1/s1. The lowest BCUT2D eigenvalue weighted by Crippen LogP contribution is -2.32. The van der Waals surface area contributed by atoms with Gasteiger partial charge in [0, 0.05) is 10.8 Å². The Hall–Kier alpha value is -3.57. The average Bonchev–Trinajstić information content (AvgIpc) is 3.38. The number of carbonyl (C=O) groups is 3. The first kappa shape index (κ1) is 24.1. The number of imide groups is 1. The number of fused-ring (bicyclic) bond motifs is 2. The van der Waals surface area contributed by atoms with E-state index in [4.69, 9.17) is 14.2 Å². The second kappa shape index (κ2) is 9.47. The Morgan fingerprint density at radius 2 is 1.72 bits per heavy atom. The molecule has 3 heterocycles. The topological polar surface area (TPSA) is 115 Å². The summed E-state index contributed by atoms with van der Waals surface area (Å²) in [6.07, 6.45) is 0. The van der Waals surface area contributed by atoms with Crippen LogP contribution in [-0.4, -0.2) is 48.8 Å². The maximum Gasteiger partial charge on any atom is 0.338 e. The average molecular weight is 527 g/mol. The van der Waals surface area contributed by atoms with Gasteiger partial charge >= 0.3 is 10.8 Å². The molecule has 186 valence electrons. The summed E-state index contributed by atoms with van der Waals surface area (Å²) in [6, 6.07) is 11.5. The Labute approximate surface area is 214 Å². The molecule has 2 aromatic carbocycles. The normalized spacial score (nSPS) is 20.6. The van der Waals surface area contributed by atoms with Crippen molar-refractivity contribution in [2.24, 2.45) is 5.92 Å². The van der Waals surface area contributed by atoms with Crippen LogP contribution in [0, 0.1) is 5.92 Å². The molecule has 2 aliphatic heterocycles. The number of hydrogen-bond donors (Lipinski definition) is 1. The van der Waals surface area contributed by atoms with E-state index in [1.165, 1.54) is 43.0 Å². The Kier molecular flexibility index (Phi) is 6.35. The van der Waals surface area contributed by atoms with E-state index in [1.54, 1.807) is 31.2 Å². The van der Waals surface area contributed by atoms with E-state index in [9.17, 15) is 19.2 Å². The number of anilines is 1. The minimum atomic E-state index is -0.732. The van der Waals surface area contributed by atoms with Crippen LogP contribution in [0.4, 0.5) is 5.69 Å². The van der Waals surface area contributed by atoms with E-state index in [0.717, 1.165) is 16.9 Å². The van der Waals surface area contributed by atoms with Crippen molar-refractivity contribution in [3.05, 3.63) is 68.1 Å². The third-order valence-corrected chi connectivity index (χ3v) is 8.63. The van der Waals surface area contributed by atoms with Crippen molar-refractivity contribution in [1.82, 2.24) is 4.98 Å². The van der Waals surface area contributed by atoms with Gasteiger partial charge in [-0.1, -0.05) is 29.2 Å². The number of ether oxygens (including phenoxy) is 3. The quantitative estimate of drug-likeness (QED) is 0.384. The molecule has 36 heavy (non-hydrogen) atoms. The lowest BCUT2D eigenvalue weighted by Gasteiger charge is -2.30. The number of amides is 2. The predicted molar refractivity (Wildman–Crippen MR) is 134 cm³/mol. The van der Waals surface area contributed by atoms with Gasteiger partial charge in [-0.2, -0.15) is 0 Å². The zero-order valence-corrected chi connectivity index (χ0v) is 21.2. The smallest absolute Gasteiger partial charge is 0.338 e. The van der Waals surface area contributed by atoms with Crippen molar-refractivity contribution >= 4 is 46.6 Å². The second-order valence-electron chi connectivity index (χ2n) is 8.14. The fourth-order valence-electron chi connectivity index (χ4n) is 4.64. The van der Waals surface area contributed by atoms with E-state index < -0.39 is 23.1 Å². The highest BCUT2D eigenvalue weighted by Gasteiger charge is 2.56. The zero-order chi connectivity index (χ0) is 25.6. The number of aromatic nitrogens is 1. The van der Waals surface area contributed by atoms with Crippen LogP contribution in [0.15, 0.2) is 52.3 Å². The van der Waals surface area contributed by atoms with Crippen LogP contribution in [-0.2, 0) is 14.3 Å². The van der Waals surface area contributed by atoms with E-state index in [1.807, 2.05) is 6.07 Å². The molecule has 1 saturated heterocycles. The number of nitrogens with one attached hydrogen (secondary N) is 1. The molecule has 11 heteroatoms. The Morgan fingerprint density at radius 3 is 2.39 bits per heavy atom. The number of methoxy groups -OCH3 is 2. The lowest BCUT2D eigenvalue weighted by molar-refractivity contribution is -0.122. The number of rotatable bonds is 6. The summed E-state index contributed by atoms with van der Waals surface area (Å²) in [5.41, 5.74) is 1.44. The van der Waals surface area contributed by atoms with Gasteiger partial charge in [0.2, 0.25) is 11.8 Å². The van der Waals surface area contributed by atoms with Crippen LogP contribution in [0.3, 0.4) is 0 Å². The van der Waals surface area contributed by atoms with Gasteiger partial charge in [-0.25, -0.2) is 9.69 Å². The van der Waals surface area contributed by atoms with Crippen LogP contribution in [0.1, 0.15) is 33.6 Å². The molecule has 1 N–H and O–H groups in total. The van der Waals surface area contributed by atoms with E-state index in [0.29, 0.717) is 32.7 Å². The first-order valence-corrected chi connectivity index (χ1v) is 12.8. The van der Waals surface area contributed by atoms with Crippen molar-refractivity contribution in [3.8, 4) is 11.5 Å². The molecular weight excluding hydrogens is 504 g/mol. The van der Waals surface area contributed by atoms with Gasteiger partial charge in [-0.15, -0.1) is 0 Å². The Morgan fingerprint density at radius 1 is 1.00 bits per heavy atom. The zero-order valence-electron chi connectivity index (χ0n) is 19.6. The minimum Gasteiger partial charge on any atom is -0.493 e. The maximum absolute atomic E-state index is 13.8. The Bertz CT molecular complexity index is 1410. The molecule has 0 aliphatic carbocycles. The summed E-state index contributed by atoms with van der Waals surface area (Å²) >= 11 is 2.24. The maximum atomic E-state index is 13.8. The van der Waals surface area contributed by atoms with Gasteiger partial charge in [0.1, 0.15) is 5.25 Å². The first-order chi connectivity index (χ1) is 17.4. The summed E-state index contributed by atoms with van der Waals surface area (Å²) in [7, 11) is 3.05. The van der Waals surface area contributed by atoms with Crippen molar-refractivity contribution in [1.29, 1.82) is 0 Å². The third kappa shape index (κ3) is 3.88. The van der Waals surface area contributed by atoms with Crippen molar-refractivity contribution < 1.29 is 28.6 Å². The Balaban J connectivity index is 1.56. The molecule has 1 aromatic heterocycles. The summed E-state index contributed by atoms with van der Waals surface area (Å²) in [5, 5.41) is -0.134.